The van der Waals surface area contributed by atoms with Crippen LogP contribution in [0.5, 0.6) is 0 Å². The number of rotatable bonds is 3. The third kappa shape index (κ3) is 2.01. The Kier molecular flexibility index (Phi) is 3.28. The Morgan fingerprint density at radius 2 is 1.59 bits per heavy atom. The minimum absolute atomic E-state index is 0.143. The lowest BCUT2D eigenvalue weighted by Gasteiger charge is -2.05. The van der Waals surface area contributed by atoms with Crippen LogP contribution in [-0.4, -0.2) is 18.4 Å². The molecule has 5 nitrogen and oxygen atoms in total. The number of esters is 1. The van der Waals surface area contributed by atoms with E-state index in [0.29, 0.717) is 28.1 Å². The lowest BCUT2D eigenvalue weighted by atomic mass is 9.99. The second kappa shape index (κ2) is 5.02. The van der Waals surface area contributed by atoms with E-state index in [0.717, 1.165) is 10.9 Å². The molecule has 5 heteroatoms. The number of hydrogen-bond acceptors (Lipinski definition) is 5. The van der Waals surface area contributed by atoms with Crippen LogP contribution in [0, 0.1) is 20.8 Å². The van der Waals surface area contributed by atoms with Crippen molar-refractivity contribution in [3.05, 3.63) is 34.8 Å². The second-order valence-corrected chi connectivity index (χ2v) is 5.25. The molecule has 0 bridgehead atoms. The SMILES string of the molecule is CCOC(=O)C(=O)c1c2cc(C)oc2c(C)c2cc(C)oc12. The van der Waals surface area contributed by atoms with Gasteiger partial charge in [0.1, 0.15) is 22.7 Å². The molecule has 2 heterocycles. The predicted molar refractivity (Wildman–Crippen MR) is 81.2 cm³/mol. The number of carbonyl (C=O) groups excluding carboxylic acids is 2. The maximum Gasteiger partial charge on any atom is 0.379 e. The summed E-state index contributed by atoms with van der Waals surface area (Å²) >= 11 is 0. The van der Waals surface area contributed by atoms with Gasteiger partial charge in [-0.15, -0.1) is 0 Å². The number of Topliss-reactive ketones (excluding diaryl/α,β-unsaturated/α-hetero) is 1. The van der Waals surface area contributed by atoms with Gasteiger partial charge in [-0.3, -0.25) is 4.79 Å². The van der Waals surface area contributed by atoms with Gasteiger partial charge in [0, 0.05) is 16.3 Å². The Morgan fingerprint density at radius 3 is 2.23 bits per heavy atom. The lowest BCUT2D eigenvalue weighted by Crippen LogP contribution is -2.18. The molecule has 0 amide bonds. The molecule has 22 heavy (non-hydrogen) atoms. The summed E-state index contributed by atoms with van der Waals surface area (Å²) in [5.74, 6) is -0.269. The molecule has 0 saturated heterocycles. The normalized spacial score (nSPS) is 11.3. The number of hydrogen-bond donors (Lipinski definition) is 0. The van der Waals surface area contributed by atoms with Crippen molar-refractivity contribution in [1.29, 1.82) is 0 Å². The third-order valence-corrected chi connectivity index (χ3v) is 3.64. The van der Waals surface area contributed by atoms with Crippen LogP contribution >= 0.6 is 0 Å². The standard InChI is InChI=1S/C17H16O5/c1-5-20-17(19)14(18)13-12-7-9(3)21-15(12)10(4)11-6-8(2)22-16(11)13/h6-7H,5H2,1-4H3. The summed E-state index contributed by atoms with van der Waals surface area (Å²) in [5, 5.41) is 1.35. The summed E-state index contributed by atoms with van der Waals surface area (Å²) in [7, 11) is 0. The van der Waals surface area contributed by atoms with Crippen molar-refractivity contribution in [3.8, 4) is 0 Å². The first-order chi connectivity index (χ1) is 10.4. The van der Waals surface area contributed by atoms with E-state index in [1.165, 1.54) is 0 Å². The van der Waals surface area contributed by atoms with Gasteiger partial charge < -0.3 is 13.6 Å². The van der Waals surface area contributed by atoms with E-state index in [-0.39, 0.29) is 12.2 Å². The molecule has 2 aromatic heterocycles. The van der Waals surface area contributed by atoms with Crippen molar-refractivity contribution in [2.24, 2.45) is 0 Å². The first kappa shape index (κ1) is 14.4. The highest BCUT2D eigenvalue weighted by atomic mass is 16.5. The largest absolute Gasteiger partial charge is 0.461 e. The average Bonchev–Trinajstić information content (AvgIpc) is 3.02. The molecule has 0 unspecified atom stereocenters. The fraction of sp³-hybridized carbons (Fsp3) is 0.294. The van der Waals surface area contributed by atoms with Crippen molar-refractivity contribution < 1.29 is 23.2 Å². The molecular weight excluding hydrogens is 284 g/mol. The summed E-state index contributed by atoms with van der Waals surface area (Å²) < 4.78 is 16.2. The zero-order chi connectivity index (χ0) is 16.0. The quantitative estimate of drug-likeness (QED) is 0.417. The van der Waals surface area contributed by atoms with E-state index in [1.807, 2.05) is 13.0 Å². The smallest absolute Gasteiger partial charge is 0.379 e. The molecule has 114 valence electrons. The summed E-state index contributed by atoms with van der Waals surface area (Å²) in [5.41, 5.74) is 2.09. The Balaban J connectivity index is 2.40. The van der Waals surface area contributed by atoms with Gasteiger partial charge >= 0.3 is 5.97 Å². The zero-order valence-corrected chi connectivity index (χ0v) is 12.9. The van der Waals surface area contributed by atoms with E-state index < -0.39 is 11.8 Å². The fourth-order valence-corrected chi connectivity index (χ4v) is 2.73. The highest BCUT2D eigenvalue weighted by Gasteiger charge is 2.28. The van der Waals surface area contributed by atoms with Crippen molar-refractivity contribution in [1.82, 2.24) is 0 Å². The molecule has 3 rings (SSSR count). The molecule has 0 fully saturated rings. The Bertz CT molecular complexity index is 853. The topological polar surface area (TPSA) is 69.7 Å². The van der Waals surface area contributed by atoms with Gasteiger partial charge in [-0.05, 0) is 39.8 Å². The van der Waals surface area contributed by atoms with Crippen LogP contribution in [0.1, 0.15) is 34.4 Å². The zero-order valence-electron chi connectivity index (χ0n) is 12.9. The summed E-state index contributed by atoms with van der Waals surface area (Å²) in [4.78, 5) is 24.4. The van der Waals surface area contributed by atoms with Crippen molar-refractivity contribution >= 4 is 33.7 Å². The van der Waals surface area contributed by atoms with Gasteiger partial charge in [-0.2, -0.15) is 0 Å². The molecule has 3 aromatic rings. The van der Waals surface area contributed by atoms with Crippen LogP contribution in [0.25, 0.3) is 21.9 Å². The molecule has 0 saturated carbocycles. The van der Waals surface area contributed by atoms with Gasteiger partial charge in [0.05, 0.1) is 12.2 Å². The molecule has 1 aromatic carbocycles. The minimum Gasteiger partial charge on any atom is -0.461 e. The number of furan rings is 2. The number of aryl methyl sites for hydroxylation is 3. The van der Waals surface area contributed by atoms with E-state index in [1.54, 1.807) is 26.8 Å². The first-order valence-electron chi connectivity index (χ1n) is 7.08. The maximum atomic E-state index is 12.5. The van der Waals surface area contributed by atoms with Gasteiger partial charge in [-0.25, -0.2) is 4.79 Å². The van der Waals surface area contributed by atoms with Crippen LogP contribution in [0.3, 0.4) is 0 Å². The van der Waals surface area contributed by atoms with Crippen LogP contribution in [-0.2, 0) is 9.53 Å². The molecule has 0 radical (unpaired) electrons. The van der Waals surface area contributed by atoms with E-state index in [4.69, 9.17) is 13.6 Å². The number of benzene rings is 1. The molecule has 0 atom stereocenters. The number of ether oxygens (including phenoxy) is 1. The Hall–Kier alpha value is -2.56. The number of ketones is 1. The minimum atomic E-state index is -0.887. The molecule has 0 aliphatic heterocycles. The molecule has 0 aliphatic rings. The highest BCUT2D eigenvalue weighted by molar-refractivity contribution is 6.45. The van der Waals surface area contributed by atoms with Crippen LogP contribution < -0.4 is 0 Å². The summed E-state index contributed by atoms with van der Waals surface area (Å²) in [6.07, 6.45) is 0. The third-order valence-electron chi connectivity index (χ3n) is 3.64. The van der Waals surface area contributed by atoms with Gasteiger partial charge in [-0.1, -0.05) is 0 Å². The van der Waals surface area contributed by atoms with Crippen LogP contribution in [0.15, 0.2) is 21.0 Å². The number of carbonyl (C=O) groups is 2. The Labute approximate surface area is 126 Å². The Morgan fingerprint density at radius 1 is 1.00 bits per heavy atom. The van der Waals surface area contributed by atoms with Gasteiger partial charge in [0.15, 0.2) is 0 Å². The first-order valence-corrected chi connectivity index (χ1v) is 7.08. The summed E-state index contributed by atoms with van der Waals surface area (Å²) in [6.45, 7) is 7.30. The van der Waals surface area contributed by atoms with Crippen LogP contribution in [0.4, 0.5) is 0 Å². The molecule has 0 spiro atoms. The summed E-state index contributed by atoms with van der Waals surface area (Å²) in [6, 6.07) is 3.58. The lowest BCUT2D eigenvalue weighted by molar-refractivity contribution is -0.137. The second-order valence-electron chi connectivity index (χ2n) is 5.25. The van der Waals surface area contributed by atoms with E-state index in [9.17, 15) is 9.59 Å². The van der Waals surface area contributed by atoms with Crippen molar-refractivity contribution in [2.75, 3.05) is 6.61 Å². The predicted octanol–water partition coefficient (Wildman–Crippen LogP) is 3.85. The van der Waals surface area contributed by atoms with Crippen LogP contribution in [0.2, 0.25) is 0 Å². The van der Waals surface area contributed by atoms with E-state index >= 15 is 0 Å². The molecule has 0 N–H and O–H groups in total. The van der Waals surface area contributed by atoms with Gasteiger partial charge in [0.2, 0.25) is 0 Å². The average molecular weight is 300 g/mol. The number of fused-ring (bicyclic) bond motifs is 2. The van der Waals surface area contributed by atoms with Gasteiger partial charge in [0.25, 0.3) is 5.78 Å². The highest BCUT2D eigenvalue weighted by Crippen LogP contribution is 2.36. The fourth-order valence-electron chi connectivity index (χ4n) is 2.73. The van der Waals surface area contributed by atoms with Crippen molar-refractivity contribution in [2.45, 2.75) is 27.7 Å². The monoisotopic (exact) mass is 300 g/mol. The molecule has 0 aliphatic carbocycles. The van der Waals surface area contributed by atoms with Crippen molar-refractivity contribution in [3.63, 3.8) is 0 Å². The van der Waals surface area contributed by atoms with E-state index in [2.05, 4.69) is 0 Å². The maximum absolute atomic E-state index is 12.5. The molecular formula is C17H16O5.